The fraction of sp³-hybridized carbons (Fsp3) is 0.929. The molecule has 1 aliphatic heterocycles. The van der Waals surface area contributed by atoms with Crippen molar-refractivity contribution < 1.29 is 4.79 Å². The van der Waals surface area contributed by atoms with Crippen LogP contribution in [0.25, 0.3) is 0 Å². The number of carbonyl (C=O) groups is 1. The Morgan fingerprint density at radius 1 is 1.44 bits per heavy atom. The van der Waals surface area contributed by atoms with E-state index in [-0.39, 0.29) is 11.8 Å². The van der Waals surface area contributed by atoms with E-state index in [4.69, 9.17) is 0 Å². The molecule has 2 N–H and O–H groups in total. The highest BCUT2D eigenvalue weighted by Gasteiger charge is 2.23. The van der Waals surface area contributed by atoms with E-state index in [1.54, 1.807) is 0 Å². The number of hydrogen-bond acceptors (Lipinski definition) is 3. The van der Waals surface area contributed by atoms with Crippen molar-refractivity contribution in [3.63, 3.8) is 0 Å². The largest absolute Gasteiger partial charge is 0.355 e. The first kappa shape index (κ1) is 15.4. The van der Waals surface area contributed by atoms with E-state index in [9.17, 15) is 4.79 Å². The van der Waals surface area contributed by atoms with Crippen LogP contribution in [0.3, 0.4) is 0 Å². The third kappa shape index (κ3) is 4.94. The molecule has 0 spiro atoms. The predicted octanol–water partition coefficient (Wildman–Crippen LogP) is 0.936. The van der Waals surface area contributed by atoms with E-state index in [2.05, 4.69) is 36.4 Å². The van der Waals surface area contributed by atoms with Crippen LogP contribution in [0.4, 0.5) is 0 Å². The summed E-state index contributed by atoms with van der Waals surface area (Å²) in [6.45, 7) is 8.10. The summed E-state index contributed by atoms with van der Waals surface area (Å²) in [5.74, 6) is 1.28. The summed E-state index contributed by atoms with van der Waals surface area (Å²) in [7, 11) is 4.06. The average molecular weight is 255 g/mol. The molecule has 0 aliphatic carbocycles. The number of likely N-dealkylation sites (tertiary alicyclic amines) is 1. The number of nitrogens with one attached hydrogen (secondary N) is 2. The molecule has 4 heteroatoms. The topological polar surface area (TPSA) is 44.4 Å². The molecule has 0 aromatic rings. The van der Waals surface area contributed by atoms with Crippen molar-refractivity contribution in [1.29, 1.82) is 0 Å². The van der Waals surface area contributed by atoms with Gasteiger partial charge in [-0.25, -0.2) is 0 Å². The molecule has 1 fully saturated rings. The first-order valence-corrected chi connectivity index (χ1v) is 7.15. The van der Waals surface area contributed by atoms with Gasteiger partial charge >= 0.3 is 0 Å². The molecule has 1 aliphatic rings. The molecule has 18 heavy (non-hydrogen) atoms. The monoisotopic (exact) mass is 255 g/mol. The van der Waals surface area contributed by atoms with Crippen molar-refractivity contribution in [3.05, 3.63) is 0 Å². The highest BCUT2D eigenvalue weighted by Crippen LogP contribution is 2.15. The maximum atomic E-state index is 12.1. The maximum Gasteiger partial charge on any atom is 0.224 e. The fourth-order valence-electron chi connectivity index (χ4n) is 2.67. The van der Waals surface area contributed by atoms with Gasteiger partial charge in [0, 0.05) is 19.6 Å². The molecule has 0 aromatic carbocycles. The zero-order chi connectivity index (χ0) is 13.5. The van der Waals surface area contributed by atoms with Crippen molar-refractivity contribution >= 4 is 5.91 Å². The molecule has 4 nitrogen and oxygen atoms in total. The lowest BCUT2D eigenvalue weighted by molar-refractivity contribution is -0.126. The van der Waals surface area contributed by atoms with E-state index in [0.717, 1.165) is 19.6 Å². The second-order valence-corrected chi connectivity index (χ2v) is 5.92. The fourth-order valence-corrected chi connectivity index (χ4v) is 2.67. The molecule has 106 valence electrons. The van der Waals surface area contributed by atoms with Crippen molar-refractivity contribution in [1.82, 2.24) is 15.5 Å². The molecule has 2 unspecified atom stereocenters. The van der Waals surface area contributed by atoms with Gasteiger partial charge in [-0.3, -0.25) is 4.79 Å². The lowest BCUT2D eigenvalue weighted by Crippen LogP contribution is -2.43. The van der Waals surface area contributed by atoms with E-state index in [1.807, 2.05) is 7.05 Å². The number of rotatable bonds is 6. The second-order valence-electron chi connectivity index (χ2n) is 5.92. The van der Waals surface area contributed by atoms with E-state index in [0.29, 0.717) is 11.8 Å². The molecule has 1 amide bonds. The molecule has 1 heterocycles. The van der Waals surface area contributed by atoms with Gasteiger partial charge < -0.3 is 15.5 Å². The quantitative estimate of drug-likeness (QED) is 0.742. The van der Waals surface area contributed by atoms with Crippen LogP contribution in [0.2, 0.25) is 0 Å². The van der Waals surface area contributed by atoms with Gasteiger partial charge in [0.1, 0.15) is 0 Å². The summed E-state index contributed by atoms with van der Waals surface area (Å²) in [5.41, 5.74) is 0. The van der Waals surface area contributed by atoms with Crippen LogP contribution < -0.4 is 10.6 Å². The SMILES string of the molecule is CNCC(C(=O)NCC1CCCN(C)C1)C(C)C. The third-order valence-corrected chi connectivity index (χ3v) is 3.85. The van der Waals surface area contributed by atoms with Gasteiger partial charge in [0.15, 0.2) is 0 Å². The van der Waals surface area contributed by atoms with Gasteiger partial charge in [0.25, 0.3) is 0 Å². The van der Waals surface area contributed by atoms with Crippen LogP contribution in [0, 0.1) is 17.8 Å². The van der Waals surface area contributed by atoms with Crippen LogP contribution in [0.1, 0.15) is 26.7 Å². The first-order chi connectivity index (χ1) is 8.54. The summed E-state index contributed by atoms with van der Waals surface area (Å²) < 4.78 is 0. The van der Waals surface area contributed by atoms with E-state index < -0.39 is 0 Å². The second kappa shape index (κ2) is 7.74. The summed E-state index contributed by atoms with van der Waals surface area (Å²) in [6.07, 6.45) is 2.49. The Labute approximate surface area is 111 Å². The minimum Gasteiger partial charge on any atom is -0.355 e. The van der Waals surface area contributed by atoms with Gasteiger partial charge in [0.2, 0.25) is 5.91 Å². The summed E-state index contributed by atoms with van der Waals surface area (Å²) in [6, 6.07) is 0. The summed E-state index contributed by atoms with van der Waals surface area (Å²) >= 11 is 0. The summed E-state index contributed by atoms with van der Waals surface area (Å²) in [5, 5.41) is 6.24. The minimum atomic E-state index is 0.0799. The van der Waals surface area contributed by atoms with Crippen molar-refractivity contribution in [3.8, 4) is 0 Å². The highest BCUT2D eigenvalue weighted by atomic mass is 16.1. The van der Waals surface area contributed by atoms with E-state index in [1.165, 1.54) is 19.4 Å². The number of piperidine rings is 1. The molecule has 1 saturated heterocycles. The Bertz CT molecular complexity index is 255. The Kier molecular flexibility index (Phi) is 6.65. The van der Waals surface area contributed by atoms with Crippen LogP contribution in [0.15, 0.2) is 0 Å². The predicted molar refractivity (Wildman–Crippen MR) is 75.5 cm³/mol. The van der Waals surface area contributed by atoms with Gasteiger partial charge in [-0.2, -0.15) is 0 Å². The highest BCUT2D eigenvalue weighted by molar-refractivity contribution is 5.79. The van der Waals surface area contributed by atoms with Crippen LogP contribution in [-0.2, 0) is 4.79 Å². The Morgan fingerprint density at radius 2 is 2.17 bits per heavy atom. The Morgan fingerprint density at radius 3 is 2.72 bits per heavy atom. The normalized spacial score (nSPS) is 23.1. The van der Waals surface area contributed by atoms with Gasteiger partial charge in [-0.05, 0) is 45.3 Å². The molecule has 0 radical (unpaired) electrons. The maximum absolute atomic E-state index is 12.1. The van der Waals surface area contributed by atoms with E-state index >= 15 is 0 Å². The average Bonchev–Trinajstić information content (AvgIpc) is 2.32. The van der Waals surface area contributed by atoms with Gasteiger partial charge in [-0.1, -0.05) is 13.8 Å². The standard InChI is InChI=1S/C14H29N3O/c1-11(2)13(9-15-3)14(18)16-8-12-6-5-7-17(4)10-12/h11-13,15H,5-10H2,1-4H3,(H,16,18). The third-order valence-electron chi connectivity index (χ3n) is 3.85. The Balaban J connectivity index is 2.34. The van der Waals surface area contributed by atoms with Gasteiger partial charge in [0.05, 0.1) is 5.92 Å². The molecule has 1 rings (SSSR count). The number of carbonyl (C=O) groups excluding carboxylic acids is 1. The molecule has 2 atom stereocenters. The molecular formula is C14H29N3O. The lowest BCUT2D eigenvalue weighted by atomic mass is 9.94. The van der Waals surface area contributed by atoms with Crippen LogP contribution in [0.5, 0.6) is 0 Å². The van der Waals surface area contributed by atoms with Crippen LogP contribution in [-0.4, -0.2) is 51.1 Å². The van der Waals surface area contributed by atoms with Crippen LogP contribution >= 0.6 is 0 Å². The van der Waals surface area contributed by atoms with Gasteiger partial charge in [-0.15, -0.1) is 0 Å². The Hall–Kier alpha value is -0.610. The zero-order valence-electron chi connectivity index (χ0n) is 12.3. The number of amides is 1. The number of nitrogens with zero attached hydrogens (tertiary/aromatic N) is 1. The molecule has 0 saturated carbocycles. The van der Waals surface area contributed by atoms with Crippen molar-refractivity contribution in [2.24, 2.45) is 17.8 Å². The molecule has 0 bridgehead atoms. The smallest absolute Gasteiger partial charge is 0.224 e. The van der Waals surface area contributed by atoms with Crippen molar-refractivity contribution in [2.75, 3.05) is 40.3 Å². The first-order valence-electron chi connectivity index (χ1n) is 7.15. The molecular weight excluding hydrogens is 226 g/mol. The summed E-state index contributed by atoms with van der Waals surface area (Å²) in [4.78, 5) is 14.5. The van der Waals surface area contributed by atoms with Crippen molar-refractivity contribution in [2.45, 2.75) is 26.7 Å². The lowest BCUT2D eigenvalue weighted by Gasteiger charge is -2.30. The molecule has 0 aromatic heterocycles. The zero-order valence-corrected chi connectivity index (χ0v) is 12.3. The number of hydrogen-bond donors (Lipinski definition) is 2. The minimum absolute atomic E-state index is 0.0799.